The van der Waals surface area contributed by atoms with Gasteiger partial charge in [-0.1, -0.05) is 42.8 Å². The van der Waals surface area contributed by atoms with Gasteiger partial charge in [0.25, 0.3) is 0 Å². The van der Waals surface area contributed by atoms with Crippen molar-refractivity contribution in [2.45, 2.75) is 38.6 Å². The van der Waals surface area contributed by atoms with E-state index < -0.39 is 11.9 Å². The quantitative estimate of drug-likeness (QED) is 0.678. The largest absolute Gasteiger partial charge is 0.481 e. The molecular formula is C20H30N6O2. The van der Waals surface area contributed by atoms with Gasteiger partial charge in [-0.3, -0.25) is 9.69 Å². The zero-order valence-electron chi connectivity index (χ0n) is 16.7. The second-order valence-corrected chi connectivity index (χ2v) is 7.71. The predicted molar refractivity (Wildman–Crippen MR) is 106 cm³/mol. The molecule has 0 aliphatic carbocycles. The highest BCUT2D eigenvalue weighted by molar-refractivity contribution is 5.71. The third-order valence-corrected chi connectivity index (χ3v) is 5.58. The molecule has 1 aliphatic heterocycles. The van der Waals surface area contributed by atoms with Crippen molar-refractivity contribution < 1.29 is 9.90 Å². The van der Waals surface area contributed by atoms with Crippen LogP contribution in [0.5, 0.6) is 0 Å². The lowest BCUT2D eigenvalue weighted by molar-refractivity contribution is -0.142. The Hall–Kier alpha value is -2.32. The van der Waals surface area contributed by atoms with Crippen molar-refractivity contribution in [1.29, 1.82) is 0 Å². The normalized spacial score (nSPS) is 18.1. The van der Waals surface area contributed by atoms with E-state index in [4.69, 9.17) is 0 Å². The Balaban J connectivity index is 1.68. The van der Waals surface area contributed by atoms with E-state index in [0.717, 1.165) is 44.7 Å². The number of H-pyrrole nitrogens is 1. The van der Waals surface area contributed by atoms with Crippen molar-refractivity contribution in [3.05, 3.63) is 41.2 Å². The van der Waals surface area contributed by atoms with Gasteiger partial charge in [0.15, 0.2) is 5.82 Å². The van der Waals surface area contributed by atoms with Gasteiger partial charge in [-0.2, -0.15) is 5.21 Å². The van der Waals surface area contributed by atoms with Gasteiger partial charge in [-0.05, 0) is 31.0 Å². The molecule has 8 nitrogen and oxygen atoms in total. The van der Waals surface area contributed by atoms with E-state index in [1.165, 1.54) is 5.56 Å². The number of aromatic nitrogens is 4. The average molecular weight is 387 g/mol. The standard InChI is InChI=1S/C20H30N6O2/c1-3-4-17(20(27)28)18(19-21-23-24-22-19)13-15-5-7-16(8-6-15)14-26-11-9-25(2)10-12-26/h5-8,17-18H,3-4,9-14H2,1-2H3,(H,27,28)(H,21,22,23,24)/t17-,18-/m0/s1. The van der Waals surface area contributed by atoms with Crippen LogP contribution in [0, 0.1) is 5.92 Å². The van der Waals surface area contributed by atoms with Gasteiger partial charge in [0.05, 0.1) is 5.92 Å². The number of benzene rings is 1. The molecule has 2 heterocycles. The number of carbonyl (C=O) groups is 1. The number of nitrogens with zero attached hydrogens (tertiary/aromatic N) is 5. The fourth-order valence-electron chi connectivity index (χ4n) is 3.85. The van der Waals surface area contributed by atoms with E-state index >= 15 is 0 Å². The van der Waals surface area contributed by atoms with E-state index in [-0.39, 0.29) is 5.92 Å². The number of tetrazole rings is 1. The summed E-state index contributed by atoms with van der Waals surface area (Å²) in [6.45, 7) is 7.36. The molecule has 1 aromatic heterocycles. The smallest absolute Gasteiger partial charge is 0.307 e. The zero-order valence-corrected chi connectivity index (χ0v) is 16.7. The first-order valence-corrected chi connectivity index (χ1v) is 10.0. The van der Waals surface area contributed by atoms with Crippen LogP contribution in [0.1, 0.15) is 42.6 Å². The summed E-state index contributed by atoms with van der Waals surface area (Å²) in [4.78, 5) is 16.6. The number of piperazine rings is 1. The summed E-state index contributed by atoms with van der Waals surface area (Å²) in [5.41, 5.74) is 2.38. The molecular weight excluding hydrogens is 356 g/mol. The van der Waals surface area contributed by atoms with Crippen molar-refractivity contribution in [3.8, 4) is 0 Å². The number of hydrogen-bond acceptors (Lipinski definition) is 6. The number of aliphatic carboxylic acids is 1. The first-order chi connectivity index (χ1) is 13.6. The van der Waals surface area contributed by atoms with Crippen molar-refractivity contribution in [1.82, 2.24) is 30.4 Å². The molecule has 2 N–H and O–H groups in total. The summed E-state index contributed by atoms with van der Waals surface area (Å²) < 4.78 is 0. The number of carboxylic acid groups (broad SMARTS) is 1. The van der Waals surface area contributed by atoms with Crippen LogP contribution in [-0.4, -0.2) is 74.7 Å². The first kappa shape index (κ1) is 20.4. The molecule has 3 rings (SSSR count). The molecule has 0 radical (unpaired) electrons. The Bertz CT molecular complexity index is 726. The molecule has 1 aliphatic rings. The van der Waals surface area contributed by atoms with Gasteiger partial charge in [0, 0.05) is 38.6 Å². The highest BCUT2D eigenvalue weighted by atomic mass is 16.4. The van der Waals surface area contributed by atoms with Crippen LogP contribution in [0.2, 0.25) is 0 Å². The molecule has 2 atom stereocenters. The van der Waals surface area contributed by atoms with Gasteiger partial charge < -0.3 is 10.0 Å². The SMILES string of the molecule is CCC[C@H](C(=O)O)[C@H](Cc1ccc(CN2CCN(C)CC2)cc1)c1nn[nH]n1. The van der Waals surface area contributed by atoms with Crippen LogP contribution in [0.25, 0.3) is 0 Å². The molecule has 1 fully saturated rings. The topological polar surface area (TPSA) is 98.2 Å². The lowest BCUT2D eigenvalue weighted by atomic mass is 9.83. The van der Waals surface area contributed by atoms with Crippen molar-refractivity contribution in [2.24, 2.45) is 5.92 Å². The molecule has 0 amide bonds. The number of rotatable bonds is 9. The summed E-state index contributed by atoms with van der Waals surface area (Å²) >= 11 is 0. The van der Waals surface area contributed by atoms with Gasteiger partial charge in [0.1, 0.15) is 0 Å². The van der Waals surface area contributed by atoms with E-state index in [2.05, 4.69) is 61.7 Å². The van der Waals surface area contributed by atoms with Gasteiger partial charge in [0.2, 0.25) is 0 Å². The van der Waals surface area contributed by atoms with Crippen LogP contribution < -0.4 is 0 Å². The van der Waals surface area contributed by atoms with E-state index in [0.29, 0.717) is 18.7 Å². The number of nitrogens with one attached hydrogen (secondary N) is 1. The molecule has 0 bridgehead atoms. The van der Waals surface area contributed by atoms with Crippen molar-refractivity contribution >= 4 is 5.97 Å². The molecule has 152 valence electrons. The minimum absolute atomic E-state index is 0.292. The van der Waals surface area contributed by atoms with Crippen molar-refractivity contribution in [3.63, 3.8) is 0 Å². The highest BCUT2D eigenvalue weighted by Crippen LogP contribution is 2.30. The minimum atomic E-state index is -0.802. The van der Waals surface area contributed by atoms with E-state index in [9.17, 15) is 9.90 Å². The van der Waals surface area contributed by atoms with Gasteiger partial charge in [-0.15, -0.1) is 10.2 Å². The van der Waals surface area contributed by atoms with Gasteiger partial charge in [-0.25, -0.2) is 0 Å². The molecule has 1 saturated heterocycles. The molecule has 0 spiro atoms. The number of likely N-dealkylation sites (N-methyl/N-ethyl adjacent to an activating group) is 1. The summed E-state index contributed by atoms with van der Waals surface area (Å²) in [6.07, 6.45) is 1.98. The van der Waals surface area contributed by atoms with Crippen molar-refractivity contribution in [2.75, 3.05) is 33.2 Å². The maximum atomic E-state index is 11.8. The van der Waals surface area contributed by atoms with Crippen LogP contribution in [0.4, 0.5) is 0 Å². The predicted octanol–water partition coefficient (Wildman–Crippen LogP) is 1.77. The number of hydrogen-bond donors (Lipinski definition) is 2. The number of aromatic amines is 1. The molecule has 0 unspecified atom stereocenters. The Morgan fingerprint density at radius 1 is 1.18 bits per heavy atom. The molecule has 28 heavy (non-hydrogen) atoms. The number of carboxylic acids is 1. The van der Waals surface area contributed by atoms with E-state index in [1.807, 2.05) is 6.92 Å². The fourth-order valence-corrected chi connectivity index (χ4v) is 3.85. The maximum absolute atomic E-state index is 11.8. The third-order valence-electron chi connectivity index (χ3n) is 5.58. The maximum Gasteiger partial charge on any atom is 0.307 e. The summed E-state index contributed by atoms with van der Waals surface area (Å²) in [5.74, 6) is -1.14. The minimum Gasteiger partial charge on any atom is -0.481 e. The monoisotopic (exact) mass is 386 g/mol. The molecule has 8 heteroatoms. The lowest BCUT2D eigenvalue weighted by Crippen LogP contribution is -2.43. The summed E-state index contributed by atoms with van der Waals surface area (Å²) in [5, 5.41) is 23.9. The Kier molecular flexibility index (Phi) is 7.11. The van der Waals surface area contributed by atoms with Crippen LogP contribution >= 0.6 is 0 Å². The van der Waals surface area contributed by atoms with Gasteiger partial charge >= 0.3 is 5.97 Å². The Labute approximate surface area is 165 Å². The second-order valence-electron chi connectivity index (χ2n) is 7.71. The van der Waals surface area contributed by atoms with Crippen LogP contribution in [0.3, 0.4) is 0 Å². The third kappa shape index (κ3) is 5.36. The Morgan fingerprint density at radius 3 is 2.43 bits per heavy atom. The van der Waals surface area contributed by atoms with Crippen LogP contribution in [-0.2, 0) is 17.8 Å². The fraction of sp³-hybridized carbons (Fsp3) is 0.600. The highest BCUT2D eigenvalue weighted by Gasteiger charge is 2.32. The average Bonchev–Trinajstić information content (AvgIpc) is 3.22. The molecule has 0 saturated carbocycles. The molecule has 1 aromatic carbocycles. The Morgan fingerprint density at radius 2 is 1.86 bits per heavy atom. The van der Waals surface area contributed by atoms with E-state index in [1.54, 1.807) is 0 Å². The summed E-state index contributed by atoms with van der Waals surface area (Å²) in [7, 11) is 2.16. The zero-order chi connectivity index (χ0) is 19.9. The lowest BCUT2D eigenvalue weighted by Gasteiger charge is -2.32. The first-order valence-electron chi connectivity index (χ1n) is 10.0. The molecule has 2 aromatic rings. The second kappa shape index (κ2) is 9.75. The summed E-state index contributed by atoms with van der Waals surface area (Å²) in [6, 6.07) is 8.50. The van der Waals surface area contributed by atoms with Crippen LogP contribution in [0.15, 0.2) is 24.3 Å².